The number of ether oxygens (including phenoxy) is 2. The van der Waals surface area contributed by atoms with Crippen molar-refractivity contribution in [2.45, 2.75) is 31.6 Å². The summed E-state index contributed by atoms with van der Waals surface area (Å²) < 4.78 is 12.8. The zero-order chi connectivity index (χ0) is 20.0. The van der Waals surface area contributed by atoms with Gasteiger partial charge in [-0.05, 0) is 30.7 Å². The average Bonchev–Trinajstić information content (AvgIpc) is 2.91. The van der Waals surface area contributed by atoms with Gasteiger partial charge < -0.3 is 19.5 Å². The maximum absolute atomic E-state index is 13.5. The van der Waals surface area contributed by atoms with Gasteiger partial charge in [-0.3, -0.25) is 9.69 Å². The summed E-state index contributed by atoms with van der Waals surface area (Å²) in [6.07, 6.45) is 0.998. The number of aromatic nitrogens is 2. The zero-order valence-corrected chi connectivity index (χ0v) is 16.6. The maximum Gasteiger partial charge on any atom is 0.275 e. The van der Waals surface area contributed by atoms with E-state index in [1.54, 1.807) is 7.11 Å². The van der Waals surface area contributed by atoms with Gasteiger partial charge in [0.1, 0.15) is 5.75 Å². The van der Waals surface area contributed by atoms with Crippen LogP contribution in [0, 0.1) is 0 Å². The molecule has 1 aromatic heterocycles. The Bertz CT molecular complexity index is 910. The summed E-state index contributed by atoms with van der Waals surface area (Å²) >= 11 is 0. The van der Waals surface area contributed by atoms with Crippen molar-refractivity contribution in [3.8, 4) is 11.4 Å². The van der Waals surface area contributed by atoms with Crippen LogP contribution in [0.4, 0.5) is 0 Å². The fraction of sp³-hybridized carbons (Fsp3) is 0.524. The second kappa shape index (κ2) is 7.44. The van der Waals surface area contributed by atoms with Gasteiger partial charge in [-0.25, -0.2) is 4.68 Å². The number of fused-ring (bicyclic) bond motifs is 5. The van der Waals surface area contributed by atoms with Gasteiger partial charge in [0, 0.05) is 38.2 Å². The molecule has 2 aromatic rings. The maximum atomic E-state index is 13.5. The van der Waals surface area contributed by atoms with E-state index >= 15 is 0 Å². The van der Waals surface area contributed by atoms with Crippen LogP contribution in [0.15, 0.2) is 24.3 Å². The fourth-order valence-corrected chi connectivity index (χ4v) is 4.70. The van der Waals surface area contributed by atoms with Crippen molar-refractivity contribution < 1.29 is 19.4 Å². The van der Waals surface area contributed by atoms with Crippen LogP contribution < -0.4 is 4.74 Å². The summed E-state index contributed by atoms with van der Waals surface area (Å²) in [6.45, 7) is 3.97. The number of aliphatic hydroxyl groups is 1. The lowest BCUT2D eigenvalue weighted by Gasteiger charge is -2.35. The number of carbonyl (C=O) groups is 1. The van der Waals surface area contributed by atoms with Gasteiger partial charge in [-0.15, -0.1) is 0 Å². The summed E-state index contributed by atoms with van der Waals surface area (Å²) in [7, 11) is 1.64. The second-order valence-electron chi connectivity index (χ2n) is 7.91. The largest absolute Gasteiger partial charge is 0.497 e. The number of piperidine rings is 1. The van der Waals surface area contributed by atoms with E-state index < -0.39 is 6.10 Å². The Morgan fingerprint density at radius 3 is 2.83 bits per heavy atom. The average molecular weight is 398 g/mol. The lowest BCUT2D eigenvalue weighted by atomic mass is 10.0. The second-order valence-corrected chi connectivity index (χ2v) is 7.91. The number of hydrogen-bond donors (Lipinski definition) is 1. The fourth-order valence-electron chi connectivity index (χ4n) is 4.70. The predicted molar refractivity (Wildman–Crippen MR) is 105 cm³/mol. The van der Waals surface area contributed by atoms with Crippen molar-refractivity contribution in [2.75, 3.05) is 39.9 Å². The van der Waals surface area contributed by atoms with Crippen molar-refractivity contribution in [2.24, 2.45) is 0 Å². The van der Waals surface area contributed by atoms with Gasteiger partial charge in [0.15, 0.2) is 5.69 Å². The van der Waals surface area contributed by atoms with Crippen LogP contribution in [0.3, 0.4) is 0 Å². The molecular formula is C21H26N4O4. The van der Waals surface area contributed by atoms with Crippen LogP contribution in [0.5, 0.6) is 5.75 Å². The molecule has 4 aliphatic heterocycles. The number of nitrogens with zero attached hydrogens (tertiary/aromatic N) is 4. The molecule has 3 saturated heterocycles. The molecule has 6 rings (SSSR count). The Morgan fingerprint density at radius 1 is 1.24 bits per heavy atom. The highest BCUT2D eigenvalue weighted by atomic mass is 16.5. The predicted octanol–water partition coefficient (Wildman–Crippen LogP) is 0.845. The molecule has 5 heterocycles. The molecule has 0 spiro atoms. The van der Waals surface area contributed by atoms with Gasteiger partial charge >= 0.3 is 0 Å². The third-order valence-corrected chi connectivity index (χ3v) is 6.29. The Hall–Kier alpha value is -2.42. The van der Waals surface area contributed by atoms with Crippen LogP contribution in [0.2, 0.25) is 0 Å². The molecule has 0 radical (unpaired) electrons. The monoisotopic (exact) mass is 398 g/mol. The molecule has 2 bridgehead atoms. The number of methoxy groups -OCH3 is 1. The minimum absolute atomic E-state index is 0.105. The minimum atomic E-state index is -0.508. The Kier molecular flexibility index (Phi) is 4.77. The number of rotatable bonds is 3. The van der Waals surface area contributed by atoms with Gasteiger partial charge in [0.05, 0.1) is 43.9 Å². The highest BCUT2D eigenvalue weighted by molar-refractivity contribution is 5.94. The highest BCUT2D eigenvalue weighted by Gasteiger charge is 2.40. The number of benzene rings is 1. The van der Waals surface area contributed by atoms with E-state index in [0.29, 0.717) is 38.4 Å². The first-order chi connectivity index (χ1) is 14.2. The third-order valence-electron chi connectivity index (χ3n) is 6.29. The SMILES string of the molecule is COc1ccc(-n2nc(C(=O)N3CCN4CC[C@@H]3[C@@H](O)C4)c3c2CCOC3)cc1. The molecule has 1 unspecified atom stereocenters. The molecule has 1 aromatic carbocycles. The molecular weight excluding hydrogens is 372 g/mol. The molecule has 3 atom stereocenters. The highest BCUT2D eigenvalue weighted by Crippen LogP contribution is 2.28. The normalized spacial score (nSPS) is 26.1. The molecule has 4 aliphatic rings. The van der Waals surface area contributed by atoms with Gasteiger partial charge in [0.25, 0.3) is 5.91 Å². The molecule has 1 amide bonds. The Morgan fingerprint density at radius 2 is 2.07 bits per heavy atom. The summed E-state index contributed by atoms with van der Waals surface area (Å²) in [4.78, 5) is 17.6. The zero-order valence-electron chi connectivity index (χ0n) is 16.6. The summed E-state index contributed by atoms with van der Waals surface area (Å²) in [5.41, 5.74) is 3.23. The number of carbonyl (C=O) groups excluding carboxylic acids is 1. The van der Waals surface area contributed by atoms with Crippen LogP contribution in [0.1, 0.15) is 28.2 Å². The number of aliphatic hydroxyl groups excluding tert-OH is 1. The first kappa shape index (κ1) is 18.6. The summed E-state index contributed by atoms with van der Waals surface area (Å²) in [6, 6.07) is 7.53. The summed E-state index contributed by atoms with van der Waals surface area (Å²) in [5.74, 6) is 0.672. The van der Waals surface area contributed by atoms with Crippen LogP contribution >= 0.6 is 0 Å². The topological polar surface area (TPSA) is 80.1 Å². The third kappa shape index (κ3) is 3.21. The van der Waals surface area contributed by atoms with E-state index in [2.05, 4.69) is 4.90 Å². The van der Waals surface area contributed by atoms with Crippen molar-refractivity contribution >= 4 is 5.91 Å². The lowest BCUT2D eigenvalue weighted by Crippen LogP contribution is -2.51. The van der Waals surface area contributed by atoms with E-state index in [1.807, 2.05) is 33.8 Å². The molecule has 8 nitrogen and oxygen atoms in total. The standard InChI is InChI=1S/C21H26N4O4/c1-28-15-4-2-14(3-5-15)25-17-7-11-29-13-16(17)20(22-25)21(27)24-10-9-23-8-6-18(24)19(26)12-23/h2-5,18-19,26H,6-13H2,1H3/t18-,19+/m1/s1. The number of amides is 1. The van der Waals surface area contributed by atoms with E-state index in [9.17, 15) is 9.90 Å². The molecule has 1 N–H and O–H groups in total. The van der Waals surface area contributed by atoms with Gasteiger partial charge in [-0.2, -0.15) is 5.10 Å². The summed E-state index contributed by atoms with van der Waals surface area (Å²) in [5, 5.41) is 15.3. The molecule has 154 valence electrons. The van der Waals surface area contributed by atoms with Gasteiger partial charge in [0.2, 0.25) is 0 Å². The molecule has 29 heavy (non-hydrogen) atoms. The van der Waals surface area contributed by atoms with Crippen molar-refractivity contribution in [3.05, 3.63) is 41.2 Å². The van der Waals surface area contributed by atoms with E-state index in [1.165, 1.54) is 0 Å². The van der Waals surface area contributed by atoms with Crippen molar-refractivity contribution in [1.82, 2.24) is 19.6 Å². The van der Waals surface area contributed by atoms with Crippen LogP contribution in [-0.2, 0) is 17.8 Å². The van der Waals surface area contributed by atoms with Crippen molar-refractivity contribution in [3.63, 3.8) is 0 Å². The van der Waals surface area contributed by atoms with Crippen LogP contribution in [0.25, 0.3) is 5.69 Å². The lowest BCUT2D eigenvalue weighted by molar-refractivity contribution is 0.0210. The van der Waals surface area contributed by atoms with E-state index in [4.69, 9.17) is 14.6 Å². The molecule has 0 aliphatic carbocycles. The Balaban J connectivity index is 1.53. The minimum Gasteiger partial charge on any atom is -0.497 e. The molecule has 8 heteroatoms. The quantitative estimate of drug-likeness (QED) is 0.826. The molecule has 0 saturated carbocycles. The van der Waals surface area contributed by atoms with Gasteiger partial charge in [-0.1, -0.05) is 0 Å². The Labute approximate surface area is 169 Å². The molecule has 3 fully saturated rings. The first-order valence-corrected chi connectivity index (χ1v) is 10.2. The van der Waals surface area contributed by atoms with Crippen molar-refractivity contribution in [1.29, 1.82) is 0 Å². The van der Waals surface area contributed by atoms with E-state index in [0.717, 1.165) is 42.2 Å². The van der Waals surface area contributed by atoms with E-state index in [-0.39, 0.29) is 11.9 Å². The smallest absolute Gasteiger partial charge is 0.275 e. The first-order valence-electron chi connectivity index (χ1n) is 10.2. The van der Waals surface area contributed by atoms with Crippen LogP contribution in [-0.4, -0.2) is 82.6 Å². The number of hydrogen-bond acceptors (Lipinski definition) is 6.